The zero-order chi connectivity index (χ0) is 16.8. The van der Waals surface area contributed by atoms with E-state index in [0.717, 1.165) is 43.2 Å². The molecular weight excluding hydrogens is 316 g/mol. The van der Waals surface area contributed by atoms with Gasteiger partial charge in [-0.1, -0.05) is 48.5 Å². The minimum Gasteiger partial charge on any atom is -0.332 e. The zero-order valence-corrected chi connectivity index (χ0v) is 15.0. The highest BCUT2D eigenvalue weighted by atomic mass is 32.2. The maximum Gasteiger partial charge on any atom is 0.240 e. The van der Waals surface area contributed by atoms with Gasteiger partial charge in [0.1, 0.15) is 5.25 Å². The van der Waals surface area contributed by atoms with Gasteiger partial charge in [0.15, 0.2) is 0 Å². The smallest absolute Gasteiger partial charge is 0.240 e. The molecule has 1 aliphatic rings. The van der Waals surface area contributed by atoms with Crippen LogP contribution in [0.1, 0.15) is 17.7 Å². The first-order valence-corrected chi connectivity index (χ1v) is 9.55. The Morgan fingerprint density at radius 2 is 1.62 bits per heavy atom. The molecule has 1 atom stereocenters. The Morgan fingerprint density at radius 3 is 2.21 bits per heavy atom. The Bertz CT molecular complexity index is 639. The summed E-state index contributed by atoms with van der Waals surface area (Å²) >= 11 is 1.65. The van der Waals surface area contributed by atoms with Gasteiger partial charge < -0.3 is 9.80 Å². The molecule has 1 saturated heterocycles. The Morgan fingerprint density at radius 1 is 1.04 bits per heavy atom. The number of carbonyl (C=O) groups excluding carboxylic acids is 1. The van der Waals surface area contributed by atoms with Crippen LogP contribution < -0.4 is 4.90 Å². The van der Waals surface area contributed by atoms with Gasteiger partial charge in [-0.05, 0) is 24.6 Å². The van der Waals surface area contributed by atoms with Crippen molar-refractivity contribution in [3.8, 4) is 0 Å². The molecule has 1 heterocycles. The molecule has 1 aliphatic heterocycles. The fraction of sp³-hybridized carbons (Fsp3) is 0.350. The third-order valence-corrected chi connectivity index (χ3v) is 5.86. The number of rotatable bonds is 5. The summed E-state index contributed by atoms with van der Waals surface area (Å²) in [5.74, 6) is 0.241. The van der Waals surface area contributed by atoms with Crippen molar-refractivity contribution in [2.24, 2.45) is 0 Å². The number of hydrogen-bond acceptors (Lipinski definition) is 2. The standard InChI is InChI=1S/C20H24N2OS/c1-2-21-13-15-22(16-14-21)20(23)19(17-9-5-3-6-10-17)24-18-11-7-4-8-12-18/h3-12,19H,2,13-16H2,1H3/p+1/t19-/m0/s1. The summed E-state index contributed by atoms with van der Waals surface area (Å²) in [6, 6.07) is 20.4. The van der Waals surface area contributed by atoms with E-state index in [1.54, 1.807) is 16.7 Å². The Kier molecular flexibility index (Phi) is 5.94. The van der Waals surface area contributed by atoms with Crippen molar-refractivity contribution in [2.75, 3.05) is 32.7 Å². The maximum absolute atomic E-state index is 13.2. The van der Waals surface area contributed by atoms with Crippen LogP contribution in [0.3, 0.4) is 0 Å². The topological polar surface area (TPSA) is 24.8 Å². The molecule has 0 aliphatic carbocycles. The van der Waals surface area contributed by atoms with Gasteiger partial charge in [-0.3, -0.25) is 4.79 Å². The minimum atomic E-state index is -0.170. The number of piperazine rings is 1. The number of thioether (sulfide) groups is 1. The quantitative estimate of drug-likeness (QED) is 0.844. The van der Waals surface area contributed by atoms with E-state index in [1.807, 2.05) is 41.3 Å². The van der Waals surface area contributed by atoms with Gasteiger partial charge in [0.25, 0.3) is 0 Å². The van der Waals surface area contributed by atoms with Crippen LogP contribution in [0.15, 0.2) is 65.6 Å². The number of benzene rings is 2. The van der Waals surface area contributed by atoms with E-state index in [2.05, 4.69) is 31.2 Å². The molecule has 1 N–H and O–H groups in total. The number of amides is 1. The van der Waals surface area contributed by atoms with Gasteiger partial charge in [-0.2, -0.15) is 0 Å². The number of nitrogens with one attached hydrogen (secondary N) is 1. The molecule has 0 bridgehead atoms. The summed E-state index contributed by atoms with van der Waals surface area (Å²) in [6.07, 6.45) is 0. The van der Waals surface area contributed by atoms with Gasteiger partial charge in [-0.15, -0.1) is 11.8 Å². The van der Waals surface area contributed by atoms with Crippen molar-refractivity contribution in [2.45, 2.75) is 17.1 Å². The lowest BCUT2D eigenvalue weighted by Gasteiger charge is -2.33. The summed E-state index contributed by atoms with van der Waals surface area (Å²) in [7, 11) is 0. The second kappa shape index (κ2) is 8.36. The van der Waals surface area contributed by atoms with Gasteiger partial charge in [0.2, 0.25) is 5.91 Å². The molecule has 0 aromatic heterocycles. The van der Waals surface area contributed by atoms with Crippen molar-refractivity contribution >= 4 is 17.7 Å². The molecule has 2 aromatic rings. The number of quaternary nitrogens is 1. The summed E-state index contributed by atoms with van der Waals surface area (Å²) in [4.78, 5) is 18.0. The average Bonchev–Trinajstić information content (AvgIpc) is 2.67. The maximum atomic E-state index is 13.2. The summed E-state index contributed by atoms with van der Waals surface area (Å²) in [6.45, 7) is 7.19. The van der Waals surface area contributed by atoms with E-state index < -0.39 is 0 Å². The van der Waals surface area contributed by atoms with Crippen LogP contribution in [0.2, 0.25) is 0 Å². The van der Waals surface area contributed by atoms with E-state index in [0.29, 0.717) is 0 Å². The highest BCUT2D eigenvalue weighted by Gasteiger charge is 2.30. The van der Waals surface area contributed by atoms with E-state index in [1.165, 1.54) is 0 Å². The first kappa shape index (κ1) is 17.1. The molecule has 24 heavy (non-hydrogen) atoms. The third-order valence-electron chi connectivity index (χ3n) is 4.61. The third kappa shape index (κ3) is 4.19. The van der Waals surface area contributed by atoms with E-state index in [9.17, 15) is 4.79 Å². The predicted octanol–water partition coefficient (Wildman–Crippen LogP) is 2.27. The van der Waals surface area contributed by atoms with E-state index in [-0.39, 0.29) is 11.2 Å². The Hall–Kier alpha value is -1.78. The van der Waals surface area contributed by atoms with Crippen LogP contribution in [0.5, 0.6) is 0 Å². The van der Waals surface area contributed by atoms with Crippen LogP contribution in [-0.4, -0.2) is 43.5 Å². The van der Waals surface area contributed by atoms with Crippen LogP contribution in [0.25, 0.3) is 0 Å². The molecule has 0 unspecified atom stereocenters. The zero-order valence-electron chi connectivity index (χ0n) is 14.2. The summed E-state index contributed by atoms with van der Waals surface area (Å²) in [5, 5.41) is -0.170. The van der Waals surface area contributed by atoms with Crippen molar-refractivity contribution in [1.82, 2.24) is 4.90 Å². The molecule has 0 saturated carbocycles. The number of hydrogen-bond donors (Lipinski definition) is 1. The van der Waals surface area contributed by atoms with Gasteiger partial charge in [0.05, 0.1) is 32.7 Å². The monoisotopic (exact) mass is 341 g/mol. The van der Waals surface area contributed by atoms with Crippen LogP contribution >= 0.6 is 11.8 Å². The van der Waals surface area contributed by atoms with Crippen molar-refractivity contribution in [1.29, 1.82) is 0 Å². The molecular formula is C20H25N2OS+. The fourth-order valence-corrected chi connectivity index (χ4v) is 4.22. The first-order valence-electron chi connectivity index (χ1n) is 8.67. The Balaban J connectivity index is 1.78. The minimum absolute atomic E-state index is 0.170. The second-order valence-corrected chi connectivity index (χ2v) is 7.33. The van der Waals surface area contributed by atoms with E-state index >= 15 is 0 Å². The molecule has 2 aromatic carbocycles. The SMILES string of the molecule is CC[NH+]1CCN(C(=O)[C@@H](Sc2ccccc2)c2ccccc2)CC1. The number of carbonyl (C=O) groups is 1. The first-order chi connectivity index (χ1) is 11.8. The number of nitrogens with zero attached hydrogens (tertiary/aromatic N) is 1. The van der Waals surface area contributed by atoms with Crippen LogP contribution in [0, 0.1) is 0 Å². The van der Waals surface area contributed by atoms with Crippen molar-refractivity contribution in [3.05, 3.63) is 66.2 Å². The summed E-state index contributed by atoms with van der Waals surface area (Å²) < 4.78 is 0. The average molecular weight is 342 g/mol. The fourth-order valence-electron chi connectivity index (χ4n) is 3.09. The highest BCUT2D eigenvalue weighted by Crippen LogP contribution is 2.36. The largest absolute Gasteiger partial charge is 0.332 e. The molecule has 126 valence electrons. The molecule has 0 radical (unpaired) electrons. The molecule has 3 rings (SSSR count). The predicted molar refractivity (Wildman–Crippen MR) is 99.3 cm³/mol. The molecule has 1 amide bonds. The normalized spacial score (nSPS) is 16.8. The molecule has 4 heteroatoms. The molecule has 3 nitrogen and oxygen atoms in total. The lowest BCUT2D eigenvalue weighted by Crippen LogP contribution is -3.14. The van der Waals surface area contributed by atoms with Gasteiger partial charge in [-0.25, -0.2) is 0 Å². The van der Waals surface area contributed by atoms with Gasteiger partial charge >= 0.3 is 0 Å². The Labute approximate surface area is 148 Å². The lowest BCUT2D eigenvalue weighted by atomic mass is 10.1. The lowest BCUT2D eigenvalue weighted by molar-refractivity contribution is -0.902. The summed E-state index contributed by atoms with van der Waals surface area (Å²) in [5.41, 5.74) is 1.08. The van der Waals surface area contributed by atoms with Crippen LogP contribution in [-0.2, 0) is 4.79 Å². The van der Waals surface area contributed by atoms with Crippen molar-refractivity contribution < 1.29 is 9.69 Å². The van der Waals surface area contributed by atoms with Crippen molar-refractivity contribution in [3.63, 3.8) is 0 Å². The van der Waals surface area contributed by atoms with Gasteiger partial charge in [0, 0.05) is 4.90 Å². The highest BCUT2D eigenvalue weighted by molar-refractivity contribution is 8.00. The molecule has 1 fully saturated rings. The number of likely N-dealkylation sites (N-methyl/N-ethyl adjacent to an activating group) is 1. The van der Waals surface area contributed by atoms with Crippen LogP contribution in [0.4, 0.5) is 0 Å². The molecule has 0 spiro atoms. The van der Waals surface area contributed by atoms with E-state index in [4.69, 9.17) is 0 Å². The second-order valence-electron chi connectivity index (χ2n) is 6.15.